The van der Waals surface area contributed by atoms with Gasteiger partial charge in [-0.25, -0.2) is 9.97 Å². The first-order valence-electron chi connectivity index (χ1n) is 7.95. The summed E-state index contributed by atoms with van der Waals surface area (Å²) in [6.07, 6.45) is 2.84. The van der Waals surface area contributed by atoms with Crippen LogP contribution in [0.3, 0.4) is 0 Å². The van der Waals surface area contributed by atoms with Gasteiger partial charge in [-0.05, 0) is 17.2 Å². The number of hydrogen-bond donors (Lipinski definition) is 2. The third-order valence-electron chi connectivity index (χ3n) is 3.75. The maximum atomic E-state index is 11.3. The van der Waals surface area contributed by atoms with Crippen molar-refractivity contribution in [2.75, 3.05) is 5.73 Å². The molecule has 0 atom stereocenters. The number of aromatic nitrogens is 2. The zero-order valence-electron chi connectivity index (χ0n) is 13.9. The molecule has 0 fully saturated rings. The Balaban J connectivity index is 2.00. The summed E-state index contributed by atoms with van der Waals surface area (Å²) in [5, 5.41) is 14.7. The van der Waals surface area contributed by atoms with E-state index in [2.05, 4.69) is 15.3 Å². The molecule has 3 rings (SSSR count). The van der Waals surface area contributed by atoms with E-state index in [0.717, 1.165) is 11.1 Å². The summed E-state index contributed by atoms with van der Waals surface area (Å²) in [5.74, 6) is -0.160. The Hall–Kier alpha value is -3.74. The molecule has 0 saturated heterocycles. The Kier molecular flexibility index (Phi) is 5.19. The van der Waals surface area contributed by atoms with Crippen molar-refractivity contribution >= 4 is 23.3 Å². The molecule has 0 aliphatic rings. The first-order chi connectivity index (χ1) is 12.6. The maximum absolute atomic E-state index is 11.3. The number of rotatable bonds is 6. The number of nitrogens with one attached hydrogen (secondary N) is 1. The second kappa shape index (κ2) is 7.89. The second-order valence-corrected chi connectivity index (χ2v) is 5.51. The average Bonchev–Trinajstić information content (AvgIpc) is 2.66. The van der Waals surface area contributed by atoms with Crippen LogP contribution in [0.25, 0.3) is 11.8 Å². The molecule has 3 aromatic rings. The van der Waals surface area contributed by atoms with E-state index < -0.39 is 4.92 Å². The van der Waals surface area contributed by atoms with Gasteiger partial charge in [0.1, 0.15) is 12.0 Å². The van der Waals surface area contributed by atoms with E-state index in [9.17, 15) is 10.1 Å². The van der Waals surface area contributed by atoms with Crippen LogP contribution in [0.2, 0.25) is 0 Å². The van der Waals surface area contributed by atoms with Gasteiger partial charge in [-0.3, -0.25) is 10.1 Å². The molecule has 3 N–H and O–H groups in total. The molecular formula is C19H17N5O2. The Bertz CT molecular complexity index is 927. The molecule has 0 spiro atoms. The normalized spacial score (nSPS) is 11.2. The minimum atomic E-state index is -0.568. The number of hydrogen-bond acceptors (Lipinski definition) is 6. The van der Waals surface area contributed by atoms with Gasteiger partial charge in [-0.15, -0.1) is 0 Å². The minimum absolute atomic E-state index is 0.155. The average molecular weight is 347 g/mol. The molecule has 26 heavy (non-hydrogen) atoms. The van der Waals surface area contributed by atoms with Gasteiger partial charge >= 0.3 is 5.69 Å². The number of benzene rings is 2. The molecule has 1 heterocycles. The minimum Gasteiger partial charge on any atom is -0.380 e. The van der Waals surface area contributed by atoms with Gasteiger partial charge in [0, 0.05) is 12.2 Å². The fraction of sp³-hybridized carbons (Fsp3) is 0.0526. The van der Waals surface area contributed by atoms with Crippen LogP contribution < -0.4 is 11.1 Å². The fourth-order valence-corrected chi connectivity index (χ4v) is 2.48. The lowest BCUT2D eigenvalue weighted by Gasteiger charge is -2.12. The molecule has 0 bridgehead atoms. The van der Waals surface area contributed by atoms with Gasteiger partial charge in [0.2, 0.25) is 5.82 Å². The molecule has 1 aromatic heterocycles. The molecule has 0 saturated carbocycles. The van der Waals surface area contributed by atoms with E-state index in [1.807, 2.05) is 60.7 Å². The van der Waals surface area contributed by atoms with Gasteiger partial charge in [-0.1, -0.05) is 60.7 Å². The van der Waals surface area contributed by atoms with Crippen molar-refractivity contribution in [3.8, 4) is 0 Å². The van der Waals surface area contributed by atoms with Crippen LogP contribution in [0.15, 0.2) is 67.0 Å². The highest BCUT2D eigenvalue weighted by Gasteiger charge is 2.20. The quantitative estimate of drug-likeness (QED) is 0.523. The Morgan fingerprint density at radius 1 is 1.08 bits per heavy atom. The molecular weight excluding hydrogens is 330 g/mol. The highest BCUT2D eigenvalue weighted by molar-refractivity contribution is 5.83. The van der Waals surface area contributed by atoms with Gasteiger partial charge in [0.15, 0.2) is 0 Å². The van der Waals surface area contributed by atoms with E-state index in [0.29, 0.717) is 12.2 Å². The fourth-order valence-electron chi connectivity index (χ4n) is 2.48. The van der Waals surface area contributed by atoms with E-state index in [-0.39, 0.29) is 17.2 Å². The molecule has 7 nitrogen and oxygen atoms in total. The van der Waals surface area contributed by atoms with E-state index >= 15 is 0 Å². The molecule has 0 amide bonds. The zero-order valence-corrected chi connectivity index (χ0v) is 13.9. The van der Waals surface area contributed by atoms with E-state index in [1.54, 1.807) is 6.08 Å². The predicted molar refractivity (Wildman–Crippen MR) is 101 cm³/mol. The number of anilines is 1. The SMILES string of the molecule is Nc1ncnc(/C=C(\NCc2ccccc2)c2ccccc2)c1[N+](=O)[O-]. The molecule has 0 aliphatic heterocycles. The zero-order chi connectivity index (χ0) is 18.4. The number of nitrogens with two attached hydrogens (primary N) is 1. The molecule has 7 heteroatoms. The lowest BCUT2D eigenvalue weighted by Crippen LogP contribution is -2.12. The van der Waals surface area contributed by atoms with Crippen molar-refractivity contribution in [1.29, 1.82) is 0 Å². The van der Waals surface area contributed by atoms with Crippen LogP contribution in [0.5, 0.6) is 0 Å². The lowest BCUT2D eigenvalue weighted by molar-refractivity contribution is -0.384. The summed E-state index contributed by atoms with van der Waals surface area (Å²) in [5.41, 5.74) is 8.19. The molecule has 0 radical (unpaired) electrons. The monoisotopic (exact) mass is 347 g/mol. The van der Waals surface area contributed by atoms with Gasteiger partial charge < -0.3 is 11.1 Å². The van der Waals surface area contributed by atoms with Gasteiger partial charge in [-0.2, -0.15) is 0 Å². The van der Waals surface area contributed by atoms with Gasteiger partial charge in [0.05, 0.1) is 4.92 Å². The van der Waals surface area contributed by atoms with Crippen LogP contribution in [0, 0.1) is 10.1 Å². The first-order valence-corrected chi connectivity index (χ1v) is 7.95. The van der Waals surface area contributed by atoms with Crippen LogP contribution >= 0.6 is 0 Å². The number of nitrogen functional groups attached to an aromatic ring is 1. The summed E-state index contributed by atoms with van der Waals surface area (Å²) in [6, 6.07) is 19.4. The predicted octanol–water partition coefficient (Wildman–Crippen LogP) is 3.25. The Labute approximate surface area is 150 Å². The largest absolute Gasteiger partial charge is 0.380 e. The Morgan fingerprint density at radius 2 is 1.73 bits per heavy atom. The summed E-state index contributed by atoms with van der Waals surface area (Å²) in [6.45, 7) is 0.565. The van der Waals surface area contributed by atoms with Crippen LogP contribution in [-0.4, -0.2) is 14.9 Å². The molecule has 130 valence electrons. The van der Waals surface area contributed by atoms with Crippen molar-refractivity contribution in [1.82, 2.24) is 15.3 Å². The summed E-state index contributed by atoms with van der Waals surface area (Å²) < 4.78 is 0. The highest BCUT2D eigenvalue weighted by Crippen LogP contribution is 2.25. The summed E-state index contributed by atoms with van der Waals surface area (Å²) in [7, 11) is 0. The van der Waals surface area contributed by atoms with Crippen molar-refractivity contribution in [3.63, 3.8) is 0 Å². The smallest absolute Gasteiger partial charge is 0.336 e. The van der Waals surface area contributed by atoms with Crippen molar-refractivity contribution in [2.45, 2.75) is 6.54 Å². The van der Waals surface area contributed by atoms with Crippen LogP contribution in [0.4, 0.5) is 11.5 Å². The third-order valence-corrected chi connectivity index (χ3v) is 3.75. The number of nitro groups is 1. The highest BCUT2D eigenvalue weighted by atomic mass is 16.6. The molecule has 2 aromatic carbocycles. The van der Waals surface area contributed by atoms with Crippen LogP contribution in [0.1, 0.15) is 16.8 Å². The van der Waals surface area contributed by atoms with Crippen molar-refractivity contribution in [2.24, 2.45) is 0 Å². The van der Waals surface area contributed by atoms with Gasteiger partial charge in [0.25, 0.3) is 0 Å². The standard InChI is InChI=1S/C19H17N5O2/c20-19-18(24(25)26)17(22-13-23-19)11-16(15-9-5-2-6-10-15)21-12-14-7-3-1-4-8-14/h1-11,13,21H,12H2,(H2,20,22,23)/b16-11-. The second-order valence-electron chi connectivity index (χ2n) is 5.51. The maximum Gasteiger partial charge on any atom is 0.336 e. The lowest BCUT2D eigenvalue weighted by atomic mass is 10.1. The van der Waals surface area contributed by atoms with Crippen molar-refractivity contribution < 1.29 is 4.92 Å². The topological polar surface area (TPSA) is 107 Å². The Morgan fingerprint density at radius 3 is 2.38 bits per heavy atom. The summed E-state index contributed by atoms with van der Waals surface area (Å²) in [4.78, 5) is 18.5. The first kappa shape index (κ1) is 17.1. The van der Waals surface area contributed by atoms with E-state index in [4.69, 9.17) is 5.73 Å². The molecule has 0 aliphatic carbocycles. The van der Waals surface area contributed by atoms with Crippen LogP contribution in [-0.2, 0) is 6.54 Å². The number of nitrogens with zero attached hydrogens (tertiary/aromatic N) is 3. The molecule has 0 unspecified atom stereocenters. The van der Waals surface area contributed by atoms with E-state index in [1.165, 1.54) is 6.33 Å². The van der Waals surface area contributed by atoms with Crippen molar-refractivity contribution in [3.05, 3.63) is 93.9 Å². The summed E-state index contributed by atoms with van der Waals surface area (Å²) >= 11 is 0. The third kappa shape index (κ3) is 4.02.